The van der Waals surface area contributed by atoms with E-state index < -0.39 is 17.6 Å². The highest BCUT2D eigenvalue weighted by Gasteiger charge is 2.23. The van der Waals surface area contributed by atoms with Gasteiger partial charge in [0.2, 0.25) is 0 Å². The first-order valence-electron chi connectivity index (χ1n) is 10.9. The van der Waals surface area contributed by atoms with E-state index in [0.29, 0.717) is 17.6 Å². The third kappa shape index (κ3) is 3.63. The summed E-state index contributed by atoms with van der Waals surface area (Å²) in [4.78, 5) is 29.9. The van der Waals surface area contributed by atoms with Crippen LogP contribution in [0, 0.1) is 5.82 Å². The highest BCUT2D eigenvalue weighted by Crippen LogP contribution is 2.29. The molecule has 8 heteroatoms. The van der Waals surface area contributed by atoms with Crippen molar-refractivity contribution in [2.24, 2.45) is 0 Å². The molecule has 0 saturated carbocycles. The molecule has 0 amide bonds. The van der Waals surface area contributed by atoms with Gasteiger partial charge >= 0.3 is 5.97 Å². The molecule has 170 valence electrons. The van der Waals surface area contributed by atoms with Gasteiger partial charge in [0, 0.05) is 24.4 Å². The van der Waals surface area contributed by atoms with Gasteiger partial charge in [0.1, 0.15) is 11.9 Å². The molecule has 0 fully saturated rings. The second kappa shape index (κ2) is 8.55. The Hall–Kier alpha value is -4.33. The summed E-state index contributed by atoms with van der Waals surface area (Å²) >= 11 is 0. The summed E-state index contributed by atoms with van der Waals surface area (Å²) in [5, 5.41) is 14.8. The van der Waals surface area contributed by atoms with Gasteiger partial charge in [-0.1, -0.05) is 49.4 Å². The predicted molar refractivity (Wildman–Crippen MR) is 126 cm³/mol. The van der Waals surface area contributed by atoms with E-state index >= 15 is 0 Å². The Labute approximate surface area is 193 Å². The molecular formula is C26H21FN4O3. The number of aryl methyl sites for hydroxylation is 1. The number of fused-ring (bicyclic) bond motifs is 3. The molecule has 0 saturated heterocycles. The summed E-state index contributed by atoms with van der Waals surface area (Å²) in [6.07, 6.45) is 3.75. The SMILES string of the molecule is CCc1nn2c(ncc3c(=O)n([C@@H](Cc4ccccc4)C(=O)O)ccc32)c1-c1ccc(F)cc1. The number of benzene rings is 2. The number of carboxylic acid groups (broad SMARTS) is 1. The van der Waals surface area contributed by atoms with E-state index in [1.165, 1.54) is 29.1 Å². The van der Waals surface area contributed by atoms with Gasteiger partial charge < -0.3 is 9.67 Å². The molecule has 0 unspecified atom stereocenters. The first kappa shape index (κ1) is 21.5. The second-order valence-electron chi connectivity index (χ2n) is 8.05. The molecule has 0 radical (unpaired) electrons. The first-order valence-corrected chi connectivity index (χ1v) is 10.9. The summed E-state index contributed by atoms with van der Waals surface area (Å²) in [5.41, 5.74) is 3.77. The molecule has 0 bridgehead atoms. The van der Waals surface area contributed by atoms with Crippen molar-refractivity contribution in [2.75, 3.05) is 0 Å². The summed E-state index contributed by atoms with van der Waals surface area (Å²) in [7, 11) is 0. The first-order chi connectivity index (χ1) is 16.5. The van der Waals surface area contributed by atoms with Crippen molar-refractivity contribution in [3.8, 4) is 11.1 Å². The third-order valence-electron chi connectivity index (χ3n) is 5.97. The van der Waals surface area contributed by atoms with Gasteiger partial charge in [-0.2, -0.15) is 5.10 Å². The van der Waals surface area contributed by atoms with Crippen LogP contribution in [0.4, 0.5) is 4.39 Å². The molecular weight excluding hydrogens is 435 g/mol. The molecule has 0 spiro atoms. The maximum Gasteiger partial charge on any atom is 0.327 e. The molecule has 5 rings (SSSR count). The standard InChI is InChI=1S/C26H21FN4O3/c1-2-20-23(17-8-10-18(27)11-9-17)24-28-15-19-21(31(24)29-20)12-13-30(25(19)32)22(26(33)34)14-16-6-4-3-5-7-16/h3-13,15,22H,2,14H2,1H3,(H,33,34)/t22-/m0/s1. The van der Waals surface area contributed by atoms with Gasteiger partial charge in [-0.3, -0.25) is 4.79 Å². The molecule has 5 aromatic rings. The lowest BCUT2D eigenvalue weighted by atomic mass is 10.0. The van der Waals surface area contributed by atoms with E-state index in [2.05, 4.69) is 10.1 Å². The molecule has 3 heterocycles. The monoisotopic (exact) mass is 456 g/mol. The molecule has 34 heavy (non-hydrogen) atoms. The Kier molecular flexibility index (Phi) is 5.41. The normalized spacial score (nSPS) is 12.3. The van der Waals surface area contributed by atoms with Crippen LogP contribution in [0.1, 0.15) is 24.2 Å². The number of carbonyl (C=O) groups is 1. The lowest BCUT2D eigenvalue weighted by molar-refractivity contribution is -0.141. The van der Waals surface area contributed by atoms with Crippen LogP contribution < -0.4 is 5.56 Å². The smallest absolute Gasteiger partial charge is 0.327 e. The van der Waals surface area contributed by atoms with Gasteiger partial charge in [0.15, 0.2) is 5.65 Å². The Morgan fingerprint density at radius 1 is 1.09 bits per heavy atom. The van der Waals surface area contributed by atoms with Crippen LogP contribution in [0.5, 0.6) is 0 Å². The number of hydrogen-bond donors (Lipinski definition) is 1. The van der Waals surface area contributed by atoms with E-state index in [-0.39, 0.29) is 17.6 Å². The number of aliphatic carboxylic acids is 1. The summed E-state index contributed by atoms with van der Waals surface area (Å²) in [5.74, 6) is -1.42. The lowest BCUT2D eigenvalue weighted by Crippen LogP contribution is -2.31. The van der Waals surface area contributed by atoms with Gasteiger partial charge in [-0.25, -0.2) is 18.7 Å². The van der Waals surface area contributed by atoms with Crippen molar-refractivity contribution in [2.45, 2.75) is 25.8 Å². The highest BCUT2D eigenvalue weighted by atomic mass is 19.1. The van der Waals surface area contributed by atoms with Crippen LogP contribution >= 0.6 is 0 Å². The van der Waals surface area contributed by atoms with E-state index in [1.54, 1.807) is 22.7 Å². The Morgan fingerprint density at radius 2 is 1.82 bits per heavy atom. The second-order valence-corrected chi connectivity index (χ2v) is 8.05. The minimum Gasteiger partial charge on any atom is -0.480 e. The fourth-order valence-electron chi connectivity index (χ4n) is 4.28. The van der Waals surface area contributed by atoms with Crippen molar-refractivity contribution >= 4 is 22.5 Å². The van der Waals surface area contributed by atoms with Crippen LogP contribution in [0.25, 0.3) is 27.7 Å². The molecule has 1 N–H and O–H groups in total. The molecule has 3 aromatic heterocycles. The van der Waals surface area contributed by atoms with Gasteiger partial charge in [-0.15, -0.1) is 0 Å². The molecule has 1 atom stereocenters. The van der Waals surface area contributed by atoms with E-state index in [4.69, 9.17) is 0 Å². The average Bonchev–Trinajstić information content (AvgIpc) is 3.23. The quantitative estimate of drug-likeness (QED) is 0.412. The van der Waals surface area contributed by atoms with Crippen molar-refractivity contribution in [3.05, 3.63) is 100 Å². The van der Waals surface area contributed by atoms with Crippen LogP contribution in [0.15, 0.2) is 77.9 Å². The number of carboxylic acids is 1. The van der Waals surface area contributed by atoms with Crippen LogP contribution in [0.3, 0.4) is 0 Å². The number of halogens is 1. The fourth-order valence-corrected chi connectivity index (χ4v) is 4.28. The number of pyridine rings is 1. The molecule has 0 aliphatic carbocycles. The van der Waals surface area contributed by atoms with Crippen LogP contribution in [0.2, 0.25) is 0 Å². The average molecular weight is 456 g/mol. The van der Waals surface area contributed by atoms with Crippen LogP contribution in [-0.4, -0.2) is 30.2 Å². The molecule has 0 aliphatic rings. The zero-order valence-corrected chi connectivity index (χ0v) is 18.4. The number of aromatic nitrogens is 4. The van der Waals surface area contributed by atoms with Gasteiger partial charge in [-0.05, 0) is 35.7 Å². The van der Waals surface area contributed by atoms with Crippen molar-refractivity contribution in [3.63, 3.8) is 0 Å². The largest absolute Gasteiger partial charge is 0.480 e. The van der Waals surface area contributed by atoms with E-state index in [0.717, 1.165) is 22.4 Å². The zero-order valence-electron chi connectivity index (χ0n) is 18.4. The van der Waals surface area contributed by atoms with Crippen molar-refractivity contribution in [1.82, 2.24) is 19.2 Å². The van der Waals surface area contributed by atoms with E-state index in [9.17, 15) is 19.1 Å². The molecule has 2 aromatic carbocycles. The van der Waals surface area contributed by atoms with E-state index in [1.807, 2.05) is 37.3 Å². The Morgan fingerprint density at radius 3 is 2.50 bits per heavy atom. The highest BCUT2D eigenvalue weighted by molar-refractivity contribution is 5.86. The maximum absolute atomic E-state index is 13.5. The Bertz CT molecular complexity index is 1570. The number of hydrogen-bond acceptors (Lipinski definition) is 4. The minimum absolute atomic E-state index is 0.174. The lowest BCUT2D eigenvalue weighted by Gasteiger charge is -2.16. The minimum atomic E-state index is -1.09. The summed E-state index contributed by atoms with van der Waals surface area (Å²) in [6.45, 7) is 1.96. The third-order valence-corrected chi connectivity index (χ3v) is 5.97. The predicted octanol–water partition coefficient (Wildman–Crippen LogP) is 4.28. The topological polar surface area (TPSA) is 89.5 Å². The number of nitrogens with zero attached hydrogens (tertiary/aromatic N) is 4. The van der Waals surface area contributed by atoms with Crippen molar-refractivity contribution < 1.29 is 14.3 Å². The number of rotatable bonds is 6. The van der Waals surface area contributed by atoms with Gasteiger partial charge in [0.05, 0.1) is 16.6 Å². The van der Waals surface area contributed by atoms with Gasteiger partial charge in [0.25, 0.3) is 5.56 Å². The summed E-state index contributed by atoms with van der Waals surface area (Å²) in [6, 6.07) is 15.9. The fraction of sp³-hybridized carbons (Fsp3) is 0.154. The summed E-state index contributed by atoms with van der Waals surface area (Å²) < 4.78 is 16.3. The van der Waals surface area contributed by atoms with Crippen LogP contribution in [-0.2, 0) is 17.6 Å². The Balaban J connectivity index is 1.67. The van der Waals surface area contributed by atoms with Crippen molar-refractivity contribution in [1.29, 1.82) is 0 Å². The maximum atomic E-state index is 13.5. The molecule has 7 nitrogen and oxygen atoms in total. The molecule has 0 aliphatic heterocycles. The zero-order chi connectivity index (χ0) is 23.8.